The third kappa shape index (κ3) is 4.86. The average Bonchev–Trinajstić information content (AvgIpc) is 2.00. The van der Waals surface area contributed by atoms with Crippen LogP contribution in [0.1, 0.15) is 13.8 Å². The second-order valence-corrected chi connectivity index (χ2v) is 3.10. The van der Waals surface area contributed by atoms with E-state index in [4.69, 9.17) is 18.0 Å². The second kappa shape index (κ2) is 4.89. The van der Waals surface area contributed by atoms with Gasteiger partial charge in [-0.2, -0.15) is 0 Å². The minimum Gasteiger partial charge on any atom is -0.448 e. The summed E-state index contributed by atoms with van der Waals surface area (Å²) in [6.45, 7) is 3.60. The van der Waals surface area contributed by atoms with Crippen LogP contribution in [-0.4, -0.2) is 24.1 Å². The van der Waals surface area contributed by atoms with E-state index in [2.05, 4.69) is 16.0 Å². The van der Waals surface area contributed by atoms with Crippen LogP contribution in [0.15, 0.2) is 0 Å². The Balaban J connectivity index is 3.78. The van der Waals surface area contributed by atoms with Crippen LogP contribution in [0.4, 0.5) is 4.79 Å². The van der Waals surface area contributed by atoms with Gasteiger partial charge in [0.2, 0.25) is 0 Å². The van der Waals surface area contributed by atoms with Gasteiger partial charge in [-0.15, -0.1) is 18.0 Å². The third-order valence-corrected chi connectivity index (χ3v) is 1.24. The van der Waals surface area contributed by atoms with E-state index >= 15 is 0 Å². The fraction of sp³-hybridized carbons (Fsp3) is 0.625. The molecule has 0 heterocycles. The first kappa shape index (κ1) is 11.1. The lowest BCUT2D eigenvalue weighted by Crippen LogP contribution is -2.42. The van der Waals surface area contributed by atoms with Crippen LogP contribution in [0.25, 0.3) is 0 Å². The van der Waals surface area contributed by atoms with E-state index in [1.165, 1.54) is 0 Å². The Hall–Kier alpha value is -0.880. The molecule has 0 rings (SSSR count). The maximum Gasteiger partial charge on any atom is 0.408 e. The van der Waals surface area contributed by atoms with E-state index in [0.29, 0.717) is 0 Å². The first-order chi connectivity index (χ1) is 5.52. The molecule has 0 saturated heterocycles. The molecule has 3 nitrogen and oxygen atoms in total. The van der Waals surface area contributed by atoms with Crippen LogP contribution in [0, 0.1) is 12.3 Å². The summed E-state index contributed by atoms with van der Waals surface area (Å²) in [4.78, 5) is 10.9. The van der Waals surface area contributed by atoms with Gasteiger partial charge in [0, 0.05) is 0 Å². The molecule has 0 aliphatic carbocycles. The minimum atomic E-state index is -0.677. The molecule has 0 fully saturated rings. The molecule has 0 atom stereocenters. The van der Waals surface area contributed by atoms with Crippen LogP contribution in [0.5, 0.6) is 0 Å². The Morgan fingerprint density at radius 1 is 1.75 bits per heavy atom. The SMILES string of the molecule is C#CC(C)(C)NC(=O)OCCCl. The van der Waals surface area contributed by atoms with Crippen molar-refractivity contribution in [2.24, 2.45) is 0 Å². The van der Waals surface area contributed by atoms with E-state index in [1.807, 2.05) is 0 Å². The fourth-order valence-electron chi connectivity index (χ4n) is 0.459. The summed E-state index contributed by atoms with van der Waals surface area (Å²) < 4.78 is 4.65. The van der Waals surface area contributed by atoms with Gasteiger partial charge >= 0.3 is 6.09 Å². The van der Waals surface area contributed by atoms with Crippen molar-refractivity contribution in [2.45, 2.75) is 19.4 Å². The Kier molecular flexibility index (Phi) is 4.53. The molecular weight excluding hydrogens is 178 g/mol. The zero-order valence-electron chi connectivity index (χ0n) is 7.19. The molecule has 0 aliphatic rings. The van der Waals surface area contributed by atoms with E-state index < -0.39 is 11.6 Å². The molecule has 0 saturated carbocycles. The lowest BCUT2D eigenvalue weighted by atomic mass is 10.1. The largest absolute Gasteiger partial charge is 0.448 e. The number of hydrogen-bond donors (Lipinski definition) is 1. The molecule has 1 N–H and O–H groups in total. The van der Waals surface area contributed by atoms with E-state index in [1.54, 1.807) is 13.8 Å². The van der Waals surface area contributed by atoms with Gasteiger partial charge in [0.1, 0.15) is 6.61 Å². The Morgan fingerprint density at radius 3 is 2.75 bits per heavy atom. The molecule has 0 aliphatic heterocycles. The van der Waals surface area contributed by atoms with Crippen molar-refractivity contribution >= 4 is 17.7 Å². The van der Waals surface area contributed by atoms with E-state index in [9.17, 15) is 4.79 Å². The van der Waals surface area contributed by atoms with Crippen LogP contribution in [0.2, 0.25) is 0 Å². The first-order valence-electron chi connectivity index (χ1n) is 3.50. The minimum absolute atomic E-state index is 0.189. The number of halogens is 1. The van der Waals surface area contributed by atoms with Crippen LogP contribution in [-0.2, 0) is 4.74 Å². The second-order valence-electron chi connectivity index (χ2n) is 2.72. The Bertz CT molecular complexity index is 196. The van der Waals surface area contributed by atoms with Gasteiger partial charge in [-0.1, -0.05) is 5.92 Å². The maximum atomic E-state index is 10.9. The number of hydrogen-bond acceptors (Lipinski definition) is 2. The molecule has 1 amide bonds. The molecule has 0 spiro atoms. The number of amides is 1. The number of alkyl halides is 1. The highest BCUT2D eigenvalue weighted by molar-refractivity contribution is 6.18. The standard InChI is InChI=1S/C8H12ClNO2/c1-4-8(2,3)10-7(11)12-6-5-9/h1H,5-6H2,2-3H3,(H,10,11). The molecule has 12 heavy (non-hydrogen) atoms. The van der Waals surface area contributed by atoms with Crippen LogP contribution < -0.4 is 5.32 Å². The predicted molar refractivity (Wildman–Crippen MR) is 48.1 cm³/mol. The Labute approximate surface area is 77.4 Å². The van der Waals surface area contributed by atoms with Gasteiger partial charge in [0.05, 0.1) is 11.4 Å². The van der Waals surface area contributed by atoms with Crippen molar-refractivity contribution in [1.29, 1.82) is 0 Å². The molecule has 0 aromatic carbocycles. The van der Waals surface area contributed by atoms with Crippen molar-refractivity contribution < 1.29 is 9.53 Å². The number of alkyl carbamates (subject to hydrolysis) is 1. The molecular formula is C8H12ClNO2. The quantitative estimate of drug-likeness (QED) is 0.538. The summed E-state index contributed by atoms with van der Waals surface area (Å²) in [7, 11) is 0. The van der Waals surface area contributed by atoms with Crippen molar-refractivity contribution in [2.75, 3.05) is 12.5 Å². The summed E-state index contributed by atoms with van der Waals surface area (Å²) >= 11 is 5.31. The lowest BCUT2D eigenvalue weighted by Gasteiger charge is -2.18. The topological polar surface area (TPSA) is 38.3 Å². The maximum absolute atomic E-state index is 10.9. The van der Waals surface area contributed by atoms with Crippen molar-refractivity contribution in [1.82, 2.24) is 5.32 Å². The highest BCUT2D eigenvalue weighted by Gasteiger charge is 2.17. The van der Waals surface area contributed by atoms with Gasteiger partial charge in [-0.25, -0.2) is 4.79 Å². The molecule has 0 aromatic rings. The van der Waals surface area contributed by atoms with E-state index in [0.717, 1.165) is 0 Å². The van der Waals surface area contributed by atoms with Crippen LogP contribution in [0.3, 0.4) is 0 Å². The number of carbonyl (C=O) groups excluding carboxylic acids is 1. The third-order valence-electron chi connectivity index (χ3n) is 1.09. The van der Waals surface area contributed by atoms with Gasteiger partial charge in [-0.3, -0.25) is 0 Å². The van der Waals surface area contributed by atoms with Gasteiger partial charge in [0.25, 0.3) is 0 Å². The van der Waals surface area contributed by atoms with Gasteiger partial charge in [0.15, 0.2) is 0 Å². The molecule has 0 aromatic heterocycles. The molecule has 68 valence electrons. The van der Waals surface area contributed by atoms with Gasteiger partial charge in [-0.05, 0) is 13.8 Å². The first-order valence-corrected chi connectivity index (χ1v) is 4.04. The lowest BCUT2D eigenvalue weighted by molar-refractivity contribution is 0.147. The molecule has 0 bridgehead atoms. The summed E-state index contributed by atoms with van der Waals surface area (Å²) in [5.74, 6) is 2.69. The number of carbonyl (C=O) groups is 1. The summed E-state index contributed by atoms with van der Waals surface area (Å²) in [6.07, 6.45) is 4.59. The number of ether oxygens (including phenoxy) is 1. The number of rotatable bonds is 3. The van der Waals surface area contributed by atoms with E-state index in [-0.39, 0.29) is 12.5 Å². The molecule has 0 unspecified atom stereocenters. The van der Waals surface area contributed by atoms with Crippen LogP contribution >= 0.6 is 11.6 Å². The fourth-order valence-corrected chi connectivity index (χ4v) is 0.536. The summed E-state index contributed by atoms with van der Waals surface area (Å²) in [5.41, 5.74) is -0.677. The van der Waals surface area contributed by atoms with Crippen molar-refractivity contribution in [3.63, 3.8) is 0 Å². The normalized spacial score (nSPS) is 10.2. The highest BCUT2D eigenvalue weighted by atomic mass is 35.5. The number of terminal acetylenes is 1. The Morgan fingerprint density at radius 2 is 2.33 bits per heavy atom. The highest BCUT2D eigenvalue weighted by Crippen LogP contribution is 1.98. The summed E-state index contributed by atoms with van der Waals surface area (Å²) in [5, 5.41) is 2.48. The van der Waals surface area contributed by atoms with Gasteiger partial charge < -0.3 is 10.1 Å². The van der Waals surface area contributed by atoms with Crippen molar-refractivity contribution in [3.8, 4) is 12.3 Å². The zero-order chi connectivity index (χ0) is 9.61. The zero-order valence-corrected chi connectivity index (χ0v) is 7.94. The molecule has 4 heteroatoms. The smallest absolute Gasteiger partial charge is 0.408 e. The monoisotopic (exact) mass is 189 g/mol. The summed E-state index contributed by atoms with van der Waals surface area (Å²) in [6, 6.07) is 0. The average molecular weight is 190 g/mol. The molecule has 0 radical (unpaired) electrons. The van der Waals surface area contributed by atoms with Crippen molar-refractivity contribution in [3.05, 3.63) is 0 Å². The predicted octanol–water partition coefficient (Wildman–Crippen LogP) is 1.36. The number of nitrogens with one attached hydrogen (secondary N) is 1.